The van der Waals surface area contributed by atoms with E-state index in [2.05, 4.69) is 5.32 Å². The number of para-hydroxylation sites is 2. The number of ether oxygens (including phenoxy) is 1. The van der Waals surface area contributed by atoms with E-state index in [1.165, 1.54) is 18.2 Å². The molecular formula is C17H17N3O5. The van der Waals surface area contributed by atoms with Gasteiger partial charge in [-0.2, -0.15) is 0 Å². The van der Waals surface area contributed by atoms with Crippen molar-refractivity contribution in [3.05, 3.63) is 63.2 Å². The van der Waals surface area contributed by atoms with E-state index < -0.39 is 23.4 Å². The third-order valence-electron chi connectivity index (χ3n) is 3.59. The minimum Gasteiger partial charge on any atom is -0.452 e. The number of nitrogens with zero attached hydrogens (tertiary/aromatic N) is 1. The van der Waals surface area contributed by atoms with E-state index in [-0.39, 0.29) is 22.6 Å². The van der Waals surface area contributed by atoms with E-state index in [1.807, 2.05) is 0 Å². The Morgan fingerprint density at radius 3 is 2.48 bits per heavy atom. The Morgan fingerprint density at radius 1 is 1.16 bits per heavy atom. The number of aryl methyl sites for hydroxylation is 2. The molecule has 2 rings (SSSR count). The van der Waals surface area contributed by atoms with Crippen molar-refractivity contribution in [2.24, 2.45) is 0 Å². The molecule has 0 saturated heterocycles. The van der Waals surface area contributed by atoms with Gasteiger partial charge in [-0.1, -0.05) is 24.3 Å². The fourth-order valence-corrected chi connectivity index (χ4v) is 2.21. The second kappa shape index (κ2) is 7.43. The van der Waals surface area contributed by atoms with Crippen LogP contribution in [0.25, 0.3) is 0 Å². The van der Waals surface area contributed by atoms with Gasteiger partial charge >= 0.3 is 5.97 Å². The highest BCUT2D eigenvalue weighted by Crippen LogP contribution is 2.27. The summed E-state index contributed by atoms with van der Waals surface area (Å²) in [6.45, 7) is 2.79. The van der Waals surface area contributed by atoms with Gasteiger partial charge in [0.2, 0.25) is 0 Å². The standard InChI is InChI=1S/C17H17N3O5/c1-10-5-3-7-12(15(10)18)17(22)25-9-14(21)19-16-11(2)6-4-8-13(16)20(23)24/h3-8H,9,18H2,1-2H3,(H,19,21). The molecule has 0 fully saturated rings. The molecule has 0 aliphatic heterocycles. The molecule has 130 valence electrons. The number of nitrogens with one attached hydrogen (secondary N) is 1. The Labute approximate surface area is 143 Å². The highest BCUT2D eigenvalue weighted by molar-refractivity contribution is 5.99. The molecule has 2 aromatic carbocycles. The van der Waals surface area contributed by atoms with Crippen molar-refractivity contribution in [2.45, 2.75) is 13.8 Å². The fourth-order valence-electron chi connectivity index (χ4n) is 2.21. The van der Waals surface area contributed by atoms with Crippen molar-refractivity contribution >= 4 is 28.9 Å². The number of nitro groups is 1. The largest absolute Gasteiger partial charge is 0.452 e. The number of hydrogen-bond donors (Lipinski definition) is 2. The Morgan fingerprint density at radius 2 is 1.80 bits per heavy atom. The number of hydrogen-bond acceptors (Lipinski definition) is 6. The van der Waals surface area contributed by atoms with Crippen molar-refractivity contribution in [1.29, 1.82) is 0 Å². The maximum absolute atomic E-state index is 12.0. The van der Waals surface area contributed by atoms with Gasteiger partial charge in [-0.25, -0.2) is 4.79 Å². The molecule has 0 aliphatic rings. The topological polar surface area (TPSA) is 125 Å². The van der Waals surface area contributed by atoms with Gasteiger partial charge in [-0.05, 0) is 31.0 Å². The molecule has 8 heteroatoms. The summed E-state index contributed by atoms with van der Waals surface area (Å²) in [7, 11) is 0. The second-order valence-electron chi connectivity index (χ2n) is 5.39. The molecule has 3 N–H and O–H groups in total. The lowest BCUT2D eigenvalue weighted by atomic mass is 10.1. The number of nitrogen functional groups attached to an aromatic ring is 1. The molecule has 0 unspecified atom stereocenters. The van der Waals surface area contributed by atoms with E-state index in [4.69, 9.17) is 10.5 Å². The molecule has 1 amide bonds. The Kier molecular flexibility index (Phi) is 5.33. The van der Waals surface area contributed by atoms with Crippen LogP contribution in [0, 0.1) is 24.0 Å². The number of carbonyl (C=O) groups is 2. The van der Waals surface area contributed by atoms with Gasteiger partial charge in [0.25, 0.3) is 11.6 Å². The van der Waals surface area contributed by atoms with E-state index >= 15 is 0 Å². The molecule has 0 atom stereocenters. The zero-order chi connectivity index (χ0) is 18.6. The van der Waals surface area contributed by atoms with Crippen molar-refractivity contribution < 1.29 is 19.2 Å². The number of benzene rings is 2. The quantitative estimate of drug-likeness (QED) is 0.372. The average molecular weight is 343 g/mol. The first kappa shape index (κ1) is 17.9. The monoisotopic (exact) mass is 343 g/mol. The number of carbonyl (C=O) groups excluding carboxylic acids is 2. The molecular weight excluding hydrogens is 326 g/mol. The van der Waals surface area contributed by atoms with Crippen LogP contribution in [-0.2, 0) is 9.53 Å². The summed E-state index contributed by atoms with van der Waals surface area (Å²) >= 11 is 0. The summed E-state index contributed by atoms with van der Waals surface area (Å²) in [6, 6.07) is 9.32. The summed E-state index contributed by atoms with van der Waals surface area (Å²) in [5, 5.41) is 13.4. The van der Waals surface area contributed by atoms with Crippen molar-refractivity contribution in [2.75, 3.05) is 17.7 Å². The van der Waals surface area contributed by atoms with Crippen LogP contribution < -0.4 is 11.1 Å². The number of nitrogens with two attached hydrogens (primary N) is 1. The number of amides is 1. The van der Waals surface area contributed by atoms with Crippen LogP contribution >= 0.6 is 0 Å². The number of nitro benzene ring substituents is 1. The molecule has 8 nitrogen and oxygen atoms in total. The lowest BCUT2D eigenvalue weighted by Gasteiger charge is -2.10. The van der Waals surface area contributed by atoms with Gasteiger partial charge in [-0.3, -0.25) is 14.9 Å². The first-order valence-electron chi connectivity index (χ1n) is 7.37. The van der Waals surface area contributed by atoms with Crippen LogP contribution in [0.4, 0.5) is 17.1 Å². The van der Waals surface area contributed by atoms with Gasteiger partial charge < -0.3 is 15.8 Å². The molecule has 0 saturated carbocycles. The SMILES string of the molecule is Cc1cccc(C(=O)OCC(=O)Nc2c(C)cccc2[N+](=O)[O-])c1N. The van der Waals surface area contributed by atoms with E-state index in [0.29, 0.717) is 5.56 Å². The van der Waals surface area contributed by atoms with Gasteiger partial charge in [-0.15, -0.1) is 0 Å². The fraction of sp³-hybridized carbons (Fsp3) is 0.176. The van der Waals surface area contributed by atoms with Gasteiger partial charge in [0, 0.05) is 11.8 Å². The average Bonchev–Trinajstić information content (AvgIpc) is 2.56. The van der Waals surface area contributed by atoms with Gasteiger partial charge in [0.15, 0.2) is 6.61 Å². The van der Waals surface area contributed by atoms with Crippen molar-refractivity contribution in [1.82, 2.24) is 0 Å². The second-order valence-corrected chi connectivity index (χ2v) is 5.39. The number of anilines is 2. The Bertz CT molecular complexity index is 848. The number of rotatable bonds is 5. The third kappa shape index (κ3) is 4.11. The molecule has 0 aliphatic carbocycles. The molecule has 25 heavy (non-hydrogen) atoms. The first-order valence-corrected chi connectivity index (χ1v) is 7.37. The molecule has 2 aromatic rings. The van der Waals surface area contributed by atoms with E-state index in [0.717, 1.165) is 5.56 Å². The first-order chi connectivity index (χ1) is 11.8. The highest BCUT2D eigenvalue weighted by atomic mass is 16.6. The lowest BCUT2D eigenvalue weighted by Crippen LogP contribution is -2.22. The van der Waals surface area contributed by atoms with Crippen LogP contribution in [-0.4, -0.2) is 23.4 Å². The lowest BCUT2D eigenvalue weighted by molar-refractivity contribution is -0.384. The van der Waals surface area contributed by atoms with E-state index in [9.17, 15) is 19.7 Å². The van der Waals surface area contributed by atoms with Crippen LogP contribution in [0.1, 0.15) is 21.5 Å². The minimum absolute atomic E-state index is 0.0728. The molecule has 0 bridgehead atoms. The Balaban J connectivity index is 2.06. The zero-order valence-electron chi connectivity index (χ0n) is 13.7. The summed E-state index contributed by atoms with van der Waals surface area (Å²) in [4.78, 5) is 34.4. The molecule has 0 spiro atoms. The maximum atomic E-state index is 12.0. The minimum atomic E-state index is -0.740. The molecule has 0 heterocycles. The summed E-state index contributed by atoms with van der Waals surface area (Å²) < 4.78 is 4.94. The predicted octanol–water partition coefficient (Wildman–Crippen LogP) is 2.59. The van der Waals surface area contributed by atoms with Crippen LogP contribution in [0.15, 0.2) is 36.4 Å². The predicted molar refractivity (Wildman–Crippen MR) is 92.3 cm³/mol. The zero-order valence-corrected chi connectivity index (χ0v) is 13.7. The van der Waals surface area contributed by atoms with Gasteiger partial charge in [0.1, 0.15) is 5.69 Å². The summed E-state index contributed by atoms with van der Waals surface area (Å²) in [5.41, 5.74) is 7.33. The molecule has 0 radical (unpaired) electrons. The summed E-state index contributed by atoms with van der Waals surface area (Å²) in [6.07, 6.45) is 0. The normalized spacial score (nSPS) is 10.2. The van der Waals surface area contributed by atoms with Gasteiger partial charge in [0.05, 0.1) is 10.5 Å². The van der Waals surface area contributed by atoms with Crippen LogP contribution in [0.3, 0.4) is 0 Å². The van der Waals surface area contributed by atoms with Crippen LogP contribution in [0.5, 0.6) is 0 Å². The van der Waals surface area contributed by atoms with Crippen molar-refractivity contribution in [3.8, 4) is 0 Å². The summed E-state index contributed by atoms with van der Waals surface area (Å²) in [5.74, 6) is -1.42. The highest BCUT2D eigenvalue weighted by Gasteiger charge is 2.19. The number of esters is 1. The Hall–Kier alpha value is -3.42. The third-order valence-corrected chi connectivity index (χ3v) is 3.59. The smallest absolute Gasteiger partial charge is 0.340 e. The maximum Gasteiger partial charge on any atom is 0.340 e. The van der Waals surface area contributed by atoms with E-state index in [1.54, 1.807) is 32.0 Å². The molecule has 0 aromatic heterocycles. The van der Waals surface area contributed by atoms with Crippen molar-refractivity contribution in [3.63, 3.8) is 0 Å². The van der Waals surface area contributed by atoms with Crippen LogP contribution in [0.2, 0.25) is 0 Å².